The number of thiazole rings is 1. The number of likely N-dealkylation sites (N-methyl/N-ethyl adjacent to an activating group) is 1. The number of rotatable bonds is 8. The number of amides is 1. The number of aromatic nitrogens is 1. The van der Waals surface area contributed by atoms with Gasteiger partial charge in [0.05, 0.1) is 22.1 Å². The minimum atomic E-state index is -3.48. The summed E-state index contributed by atoms with van der Waals surface area (Å²) in [4.78, 5) is 19.0. The average molecular weight is 451 g/mol. The molecule has 7 nitrogen and oxygen atoms in total. The average Bonchev–Trinajstić information content (AvgIpc) is 2.98. The van der Waals surface area contributed by atoms with Gasteiger partial charge < -0.3 is 5.32 Å². The number of nitrogens with zero attached hydrogens (tertiary/aromatic N) is 3. The van der Waals surface area contributed by atoms with Crippen molar-refractivity contribution in [2.75, 3.05) is 32.0 Å². The summed E-state index contributed by atoms with van der Waals surface area (Å²) in [6.07, 6.45) is 4.88. The van der Waals surface area contributed by atoms with Crippen LogP contribution in [0.25, 0.3) is 0 Å². The number of aryl methyl sites for hydroxylation is 1. The number of carbonyl (C=O) groups excluding carboxylic acids is 1. The molecule has 1 saturated heterocycles. The Bertz CT molecular complexity index is 933. The molecule has 1 fully saturated rings. The molecule has 0 bridgehead atoms. The summed E-state index contributed by atoms with van der Waals surface area (Å²) in [7, 11) is -1.60. The van der Waals surface area contributed by atoms with E-state index in [0.29, 0.717) is 25.3 Å². The molecule has 0 radical (unpaired) electrons. The normalized spacial score (nSPS) is 15.8. The van der Waals surface area contributed by atoms with E-state index >= 15 is 0 Å². The van der Waals surface area contributed by atoms with Gasteiger partial charge in [0.2, 0.25) is 15.9 Å². The third kappa shape index (κ3) is 6.10. The van der Waals surface area contributed by atoms with Crippen LogP contribution in [0.5, 0.6) is 0 Å². The molecule has 3 rings (SSSR count). The quantitative estimate of drug-likeness (QED) is 0.667. The van der Waals surface area contributed by atoms with E-state index in [2.05, 4.69) is 17.2 Å². The summed E-state index contributed by atoms with van der Waals surface area (Å²) in [6, 6.07) is 6.44. The van der Waals surface area contributed by atoms with E-state index in [1.165, 1.54) is 0 Å². The van der Waals surface area contributed by atoms with E-state index in [4.69, 9.17) is 0 Å². The molecule has 1 amide bonds. The summed E-state index contributed by atoms with van der Waals surface area (Å²) in [5.74, 6) is -0.147. The highest BCUT2D eigenvalue weighted by atomic mass is 32.2. The Morgan fingerprint density at radius 2 is 1.83 bits per heavy atom. The number of hydrogen-bond acceptors (Lipinski definition) is 6. The van der Waals surface area contributed by atoms with Crippen molar-refractivity contribution in [2.24, 2.45) is 0 Å². The van der Waals surface area contributed by atoms with Gasteiger partial charge in [-0.1, -0.05) is 19.8 Å². The fraction of sp³-hybridized carbons (Fsp3) is 0.524. The zero-order valence-electron chi connectivity index (χ0n) is 17.6. The van der Waals surface area contributed by atoms with Crippen LogP contribution in [0.4, 0.5) is 5.69 Å². The molecular formula is C21H30N4O3S2. The summed E-state index contributed by atoms with van der Waals surface area (Å²) >= 11 is 1.64. The molecule has 1 aromatic carbocycles. The van der Waals surface area contributed by atoms with Gasteiger partial charge >= 0.3 is 0 Å². The van der Waals surface area contributed by atoms with Crippen molar-refractivity contribution in [1.82, 2.24) is 14.2 Å². The van der Waals surface area contributed by atoms with Gasteiger partial charge in [-0.3, -0.25) is 9.69 Å². The number of carbonyl (C=O) groups is 1. The molecule has 2 heterocycles. The molecule has 0 saturated carbocycles. The van der Waals surface area contributed by atoms with E-state index in [1.807, 2.05) is 17.3 Å². The summed E-state index contributed by atoms with van der Waals surface area (Å²) in [6.45, 7) is 4.06. The van der Waals surface area contributed by atoms with Gasteiger partial charge in [-0.15, -0.1) is 11.3 Å². The first-order valence-corrected chi connectivity index (χ1v) is 12.7. The van der Waals surface area contributed by atoms with Crippen molar-refractivity contribution in [3.8, 4) is 0 Å². The van der Waals surface area contributed by atoms with Crippen LogP contribution in [-0.2, 0) is 27.8 Å². The lowest BCUT2D eigenvalue weighted by atomic mass is 10.2. The van der Waals surface area contributed by atoms with Gasteiger partial charge in [-0.25, -0.2) is 13.4 Å². The maximum atomic E-state index is 12.8. The van der Waals surface area contributed by atoms with Crippen LogP contribution in [0.1, 0.15) is 43.3 Å². The Hall–Kier alpha value is -1.81. The first kappa shape index (κ1) is 22.9. The molecule has 30 heavy (non-hydrogen) atoms. The lowest BCUT2D eigenvalue weighted by Crippen LogP contribution is -2.32. The minimum absolute atomic E-state index is 0.147. The maximum absolute atomic E-state index is 12.8. The first-order chi connectivity index (χ1) is 14.4. The highest BCUT2D eigenvalue weighted by Crippen LogP contribution is 2.22. The number of hydrogen-bond donors (Lipinski definition) is 1. The van der Waals surface area contributed by atoms with Crippen molar-refractivity contribution < 1.29 is 13.2 Å². The Morgan fingerprint density at radius 3 is 2.43 bits per heavy atom. The molecule has 1 aliphatic rings. The predicted octanol–water partition coefficient (Wildman–Crippen LogP) is 3.34. The predicted molar refractivity (Wildman–Crippen MR) is 120 cm³/mol. The van der Waals surface area contributed by atoms with Gasteiger partial charge in [0.25, 0.3) is 0 Å². The molecule has 1 aliphatic heterocycles. The zero-order chi connectivity index (χ0) is 21.6. The molecule has 1 N–H and O–H groups in total. The SMILES string of the molecule is CCc1nc(CN(C)CC(=O)Nc2ccc(S(=O)(=O)N3CCCCCC3)cc2)cs1. The van der Waals surface area contributed by atoms with Crippen LogP contribution in [-0.4, -0.2) is 55.2 Å². The van der Waals surface area contributed by atoms with E-state index in [9.17, 15) is 13.2 Å². The van der Waals surface area contributed by atoms with Crippen LogP contribution in [0.15, 0.2) is 34.5 Å². The molecule has 2 aromatic rings. The second kappa shape index (κ2) is 10.5. The largest absolute Gasteiger partial charge is 0.325 e. The van der Waals surface area contributed by atoms with Crippen LogP contribution in [0, 0.1) is 0 Å². The summed E-state index contributed by atoms with van der Waals surface area (Å²) in [5, 5.41) is 5.96. The summed E-state index contributed by atoms with van der Waals surface area (Å²) in [5.41, 5.74) is 1.56. The topological polar surface area (TPSA) is 82.6 Å². The van der Waals surface area contributed by atoms with Crippen molar-refractivity contribution >= 4 is 33.0 Å². The second-order valence-electron chi connectivity index (χ2n) is 7.65. The van der Waals surface area contributed by atoms with Crippen LogP contribution < -0.4 is 5.32 Å². The van der Waals surface area contributed by atoms with E-state index in [0.717, 1.165) is 42.8 Å². The third-order valence-electron chi connectivity index (χ3n) is 5.09. The van der Waals surface area contributed by atoms with Crippen molar-refractivity contribution in [2.45, 2.75) is 50.5 Å². The van der Waals surface area contributed by atoms with Gasteiger partial charge in [0, 0.05) is 30.7 Å². The van der Waals surface area contributed by atoms with Crippen molar-refractivity contribution in [3.05, 3.63) is 40.3 Å². The maximum Gasteiger partial charge on any atom is 0.243 e. The van der Waals surface area contributed by atoms with Gasteiger partial charge in [0.15, 0.2) is 0 Å². The van der Waals surface area contributed by atoms with E-state index in [-0.39, 0.29) is 17.3 Å². The molecule has 0 spiro atoms. The molecule has 0 unspecified atom stereocenters. The van der Waals surface area contributed by atoms with Crippen LogP contribution in [0.3, 0.4) is 0 Å². The number of nitrogens with one attached hydrogen (secondary N) is 1. The van der Waals surface area contributed by atoms with Crippen LogP contribution >= 0.6 is 11.3 Å². The van der Waals surface area contributed by atoms with Crippen molar-refractivity contribution in [3.63, 3.8) is 0 Å². The highest BCUT2D eigenvalue weighted by Gasteiger charge is 2.25. The first-order valence-electron chi connectivity index (χ1n) is 10.4. The molecule has 164 valence electrons. The second-order valence-corrected chi connectivity index (χ2v) is 10.5. The van der Waals surface area contributed by atoms with Gasteiger partial charge in [-0.05, 0) is 50.6 Å². The molecule has 0 aliphatic carbocycles. The zero-order valence-corrected chi connectivity index (χ0v) is 19.3. The fourth-order valence-corrected chi connectivity index (χ4v) is 5.76. The molecule has 9 heteroatoms. The Morgan fingerprint density at radius 1 is 1.17 bits per heavy atom. The Balaban J connectivity index is 1.54. The minimum Gasteiger partial charge on any atom is -0.325 e. The highest BCUT2D eigenvalue weighted by molar-refractivity contribution is 7.89. The fourth-order valence-electron chi connectivity index (χ4n) is 3.50. The smallest absolute Gasteiger partial charge is 0.243 e. The summed E-state index contributed by atoms with van der Waals surface area (Å²) < 4.78 is 27.3. The lowest BCUT2D eigenvalue weighted by molar-refractivity contribution is -0.117. The van der Waals surface area contributed by atoms with Gasteiger partial charge in [-0.2, -0.15) is 4.31 Å². The standard InChI is InChI=1S/C21H30N4O3S2/c1-3-21-23-18(16-29-21)14-24(2)15-20(26)22-17-8-10-19(11-9-17)30(27,28)25-12-6-4-5-7-13-25/h8-11,16H,3-7,12-15H2,1-2H3,(H,22,26). The lowest BCUT2D eigenvalue weighted by Gasteiger charge is -2.20. The molecule has 1 aromatic heterocycles. The molecular weight excluding hydrogens is 420 g/mol. The third-order valence-corrected chi connectivity index (χ3v) is 8.04. The molecule has 0 atom stereocenters. The number of benzene rings is 1. The number of anilines is 1. The van der Waals surface area contributed by atoms with Gasteiger partial charge in [0.1, 0.15) is 0 Å². The Kier molecular flexibility index (Phi) is 7.99. The Labute approximate surface area is 183 Å². The van der Waals surface area contributed by atoms with Crippen LogP contribution in [0.2, 0.25) is 0 Å². The van der Waals surface area contributed by atoms with E-state index < -0.39 is 10.0 Å². The van der Waals surface area contributed by atoms with Crippen molar-refractivity contribution in [1.29, 1.82) is 0 Å². The van der Waals surface area contributed by atoms with E-state index in [1.54, 1.807) is 39.9 Å². The monoisotopic (exact) mass is 450 g/mol. The number of sulfonamides is 1.